The second-order valence-corrected chi connectivity index (χ2v) is 5.31. The molecule has 0 aliphatic rings. The zero-order valence-electron chi connectivity index (χ0n) is 11.7. The predicted molar refractivity (Wildman–Crippen MR) is 74.0 cm³/mol. The molecule has 0 saturated carbocycles. The highest BCUT2D eigenvalue weighted by molar-refractivity contribution is 4.93. The van der Waals surface area contributed by atoms with E-state index in [9.17, 15) is 0 Å². The van der Waals surface area contributed by atoms with Gasteiger partial charge in [0.05, 0.1) is 0 Å². The van der Waals surface area contributed by atoms with Crippen LogP contribution in [0.15, 0.2) is 24.0 Å². The molecular formula is C15H26N2. The first kappa shape index (κ1) is 14.0. The van der Waals surface area contributed by atoms with Crippen LogP contribution in [0.1, 0.15) is 52.3 Å². The van der Waals surface area contributed by atoms with E-state index in [0.717, 1.165) is 12.3 Å². The number of aromatic nitrogens is 2. The molecule has 0 aliphatic carbocycles. The summed E-state index contributed by atoms with van der Waals surface area (Å²) in [5.74, 6) is 2.03. The average molecular weight is 234 g/mol. The quantitative estimate of drug-likeness (QED) is 0.649. The Balaban J connectivity index is 2.14. The van der Waals surface area contributed by atoms with E-state index in [2.05, 4.69) is 43.4 Å². The van der Waals surface area contributed by atoms with Crippen LogP contribution in [0.3, 0.4) is 0 Å². The van der Waals surface area contributed by atoms with Gasteiger partial charge in [-0.25, -0.2) is 4.98 Å². The highest BCUT2D eigenvalue weighted by Gasteiger charge is 2.03. The minimum absolute atomic E-state index is 0.825. The van der Waals surface area contributed by atoms with Crippen molar-refractivity contribution in [2.24, 2.45) is 13.0 Å². The van der Waals surface area contributed by atoms with Crippen molar-refractivity contribution in [3.8, 4) is 0 Å². The molecule has 0 spiro atoms. The third-order valence-electron chi connectivity index (χ3n) is 3.23. The standard InChI is InChI=1S/C15H26N2/c1-13(2)7-5-8-14(3)9-6-10-15-16-11-12-17(15)4/h7,11-12,14H,5-6,8-10H2,1-4H3. The number of hydrogen-bond acceptors (Lipinski definition) is 1. The lowest BCUT2D eigenvalue weighted by molar-refractivity contribution is 0.474. The van der Waals surface area contributed by atoms with E-state index >= 15 is 0 Å². The van der Waals surface area contributed by atoms with Crippen molar-refractivity contribution in [1.29, 1.82) is 0 Å². The fraction of sp³-hybridized carbons (Fsp3) is 0.667. The minimum atomic E-state index is 0.825. The summed E-state index contributed by atoms with van der Waals surface area (Å²) in [7, 11) is 2.07. The van der Waals surface area contributed by atoms with Crippen molar-refractivity contribution in [3.05, 3.63) is 29.9 Å². The van der Waals surface area contributed by atoms with Crippen LogP contribution in [0.4, 0.5) is 0 Å². The number of nitrogens with zero attached hydrogens (tertiary/aromatic N) is 2. The highest BCUT2D eigenvalue weighted by Crippen LogP contribution is 2.15. The van der Waals surface area contributed by atoms with Crippen molar-refractivity contribution >= 4 is 0 Å². The Bertz CT molecular complexity index is 346. The van der Waals surface area contributed by atoms with E-state index in [-0.39, 0.29) is 0 Å². The largest absolute Gasteiger partial charge is 0.338 e. The Hall–Kier alpha value is -1.05. The Labute approximate surface area is 106 Å². The average Bonchev–Trinajstić information content (AvgIpc) is 2.64. The SMILES string of the molecule is CC(C)=CCCC(C)CCCc1nccn1C. The Morgan fingerprint density at radius 3 is 2.76 bits per heavy atom. The third-order valence-corrected chi connectivity index (χ3v) is 3.23. The van der Waals surface area contributed by atoms with Gasteiger partial charge in [-0.05, 0) is 39.0 Å². The summed E-state index contributed by atoms with van der Waals surface area (Å²) < 4.78 is 2.12. The molecule has 17 heavy (non-hydrogen) atoms. The normalized spacial score (nSPS) is 12.5. The lowest BCUT2D eigenvalue weighted by atomic mass is 9.98. The van der Waals surface area contributed by atoms with Gasteiger partial charge >= 0.3 is 0 Å². The third kappa shape index (κ3) is 5.71. The van der Waals surface area contributed by atoms with Crippen molar-refractivity contribution in [1.82, 2.24) is 9.55 Å². The molecular weight excluding hydrogens is 208 g/mol. The van der Waals surface area contributed by atoms with Gasteiger partial charge in [0, 0.05) is 25.9 Å². The van der Waals surface area contributed by atoms with Gasteiger partial charge in [-0.2, -0.15) is 0 Å². The predicted octanol–water partition coefficient (Wildman–Crippen LogP) is 4.13. The lowest BCUT2D eigenvalue weighted by Gasteiger charge is -2.09. The van der Waals surface area contributed by atoms with Gasteiger partial charge in [-0.15, -0.1) is 0 Å². The topological polar surface area (TPSA) is 17.8 Å². The van der Waals surface area contributed by atoms with Gasteiger partial charge in [0.25, 0.3) is 0 Å². The number of rotatable bonds is 7. The van der Waals surface area contributed by atoms with Gasteiger partial charge < -0.3 is 4.57 Å². The summed E-state index contributed by atoms with van der Waals surface area (Å²) >= 11 is 0. The van der Waals surface area contributed by atoms with Crippen molar-refractivity contribution in [2.45, 2.75) is 52.9 Å². The van der Waals surface area contributed by atoms with Crippen LogP contribution in [-0.2, 0) is 13.5 Å². The van der Waals surface area contributed by atoms with E-state index < -0.39 is 0 Å². The molecule has 0 aliphatic heterocycles. The fourth-order valence-corrected chi connectivity index (χ4v) is 2.05. The van der Waals surface area contributed by atoms with Crippen LogP contribution in [0.5, 0.6) is 0 Å². The molecule has 0 amide bonds. The van der Waals surface area contributed by atoms with E-state index in [0.29, 0.717) is 0 Å². The molecule has 0 N–H and O–H groups in total. The van der Waals surface area contributed by atoms with Crippen LogP contribution < -0.4 is 0 Å². The van der Waals surface area contributed by atoms with E-state index in [1.165, 1.54) is 37.1 Å². The number of allylic oxidation sites excluding steroid dienone is 2. The summed E-state index contributed by atoms with van der Waals surface area (Å²) in [5.41, 5.74) is 1.44. The molecule has 1 heterocycles. The number of hydrogen-bond donors (Lipinski definition) is 0. The molecule has 96 valence electrons. The van der Waals surface area contributed by atoms with Crippen molar-refractivity contribution < 1.29 is 0 Å². The molecule has 0 aromatic carbocycles. The molecule has 1 unspecified atom stereocenters. The molecule has 1 aromatic rings. The van der Waals surface area contributed by atoms with Crippen molar-refractivity contribution in [2.75, 3.05) is 0 Å². The molecule has 0 radical (unpaired) electrons. The van der Waals surface area contributed by atoms with Crippen LogP contribution >= 0.6 is 0 Å². The second-order valence-electron chi connectivity index (χ2n) is 5.31. The maximum Gasteiger partial charge on any atom is 0.108 e. The summed E-state index contributed by atoms with van der Waals surface area (Å²) in [5, 5.41) is 0. The van der Waals surface area contributed by atoms with Gasteiger partial charge in [0.1, 0.15) is 5.82 Å². The number of aryl methyl sites for hydroxylation is 2. The first-order valence-corrected chi connectivity index (χ1v) is 6.69. The second kappa shape index (κ2) is 7.31. The Morgan fingerprint density at radius 1 is 1.41 bits per heavy atom. The van der Waals surface area contributed by atoms with Gasteiger partial charge in [-0.1, -0.05) is 25.0 Å². The Kier molecular flexibility index (Phi) is 6.03. The summed E-state index contributed by atoms with van der Waals surface area (Å²) in [6.45, 7) is 6.70. The Morgan fingerprint density at radius 2 is 2.18 bits per heavy atom. The molecule has 1 rings (SSSR count). The summed E-state index contributed by atoms with van der Waals surface area (Å²) in [6.07, 6.45) is 12.5. The van der Waals surface area contributed by atoms with E-state index in [1.54, 1.807) is 0 Å². The summed E-state index contributed by atoms with van der Waals surface area (Å²) in [4.78, 5) is 4.35. The van der Waals surface area contributed by atoms with Crippen LogP contribution in [0.25, 0.3) is 0 Å². The molecule has 2 heteroatoms. The monoisotopic (exact) mass is 234 g/mol. The van der Waals surface area contributed by atoms with Crippen LogP contribution in [-0.4, -0.2) is 9.55 Å². The maximum atomic E-state index is 4.35. The van der Waals surface area contributed by atoms with Gasteiger partial charge in [0.15, 0.2) is 0 Å². The zero-order chi connectivity index (χ0) is 12.7. The minimum Gasteiger partial charge on any atom is -0.338 e. The first-order valence-electron chi connectivity index (χ1n) is 6.69. The molecule has 2 nitrogen and oxygen atoms in total. The number of imidazole rings is 1. The van der Waals surface area contributed by atoms with Crippen molar-refractivity contribution in [3.63, 3.8) is 0 Å². The molecule has 0 bridgehead atoms. The van der Waals surface area contributed by atoms with Gasteiger partial charge in [0.2, 0.25) is 0 Å². The van der Waals surface area contributed by atoms with Crippen LogP contribution in [0, 0.1) is 5.92 Å². The van der Waals surface area contributed by atoms with E-state index in [4.69, 9.17) is 0 Å². The smallest absolute Gasteiger partial charge is 0.108 e. The van der Waals surface area contributed by atoms with Gasteiger partial charge in [-0.3, -0.25) is 0 Å². The fourth-order valence-electron chi connectivity index (χ4n) is 2.05. The molecule has 1 aromatic heterocycles. The molecule has 0 saturated heterocycles. The lowest BCUT2D eigenvalue weighted by Crippen LogP contribution is -2.00. The maximum absolute atomic E-state index is 4.35. The molecule has 1 atom stereocenters. The first-order chi connectivity index (χ1) is 8.09. The highest BCUT2D eigenvalue weighted by atomic mass is 15.0. The summed E-state index contributed by atoms with van der Waals surface area (Å²) in [6, 6.07) is 0. The van der Waals surface area contributed by atoms with E-state index in [1.807, 2.05) is 12.4 Å². The molecule has 0 fully saturated rings. The van der Waals surface area contributed by atoms with Crippen LogP contribution in [0.2, 0.25) is 0 Å². The zero-order valence-corrected chi connectivity index (χ0v) is 11.7.